The molecule has 7 heteroatoms. The van der Waals surface area contributed by atoms with Crippen LogP contribution in [0.3, 0.4) is 0 Å². The Hall–Kier alpha value is -2.77. The summed E-state index contributed by atoms with van der Waals surface area (Å²) in [6, 6.07) is 13.0. The molecular formula is C18H16N4O2S. The molecule has 0 radical (unpaired) electrons. The van der Waals surface area contributed by atoms with Crippen molar-refractivity contribution in [3.63, 3.8) is 0 Å². The number of carbonyl (C=O) groups is 1. The summed E-state index contributed by atoms with van der Waals surface area (Å²) in [5.74, 6) is -0.241. The fourth-order valence-electron chi connectivity index (χ4n) is 2.84. The number of aliphatic hydroxyl groups is 1. The number of hydrogen-bond acceptors (Lipinski definition) is 5. The molecule has 4 rings (SSSR count). The quantitative estimate of drug-likeness (QED) is 0.592. The molecule has 0 unspecified atom stereocenters. The van der Waals surface area contributed by atoms with E-state index in [0.717, 1.165) is 33.7 Å². The second-order valence-corrected chi connectivity index (χ2v) is 6.47. The molecule has 0 aliphatic heterocycles. The van der Waals surface area contributed by atoms with Crippen molar-refractivity contribution in [2.24, 2.45) is 7.05 Å². The van der Waals surface area contributed by atoms with Gasteiger partial charge >= 0.3 is 0 Å². The molecule has 4 aromatic rings. The second-order valence-electron chi connectivity index (χ2n) is 5.94. The normalized spacial score (nSPS) is 12.6. The third kappa shape index (κ3) is 2.99. The van der Waals surface area contributed by atoms with Gasteiger partial charge in [-0.2, -0.15) is 8.75 Å². The van der Waals surface area contributed by atoms with Crippen LogP contribution in [-0.2, 0) is 7.05 Å². The standard InChI is InChI=1S/C18H16N4O2S/c1-22-7-6-11-8-12(3-5-16(11)22)17(23)10-19-18(24)13-2-4-14-15(9-13)21-25-20-14/h2-9,17,23H,10H2,1H3,(H,19,24)/t17-/m0/s1. The Morgan fingerprint density at radius 3 is 2.92 bits per heavy atom. The number of aliphatic hydroxyl groups excluding tert-OH is 1. The number of aromatic nitrogens is 3. The summed E-state index contributed by atoms with van der Waals surface area (Å²) in [6.45, 7) is 0.143. The number of hydrogen-bond donors (Lipinski definition) is 2. The van der Waals surface area contributed by atoms with Crippen LogP contribution in [0.1, 0.15) is 22.0 Å². The number of carbonyl (C=O) groups excluding carboxylic acids is 1. The molecule has 126 valence electrons. The van der Waals surface area contributed by atoms with Gasteiger partial charge in [-0.25, -0.2) is 0 Å². The summed E-state index contributed by atoms with van der Waals surface area (Å²) in [6.07, 6.45) is 1.21. The van der Waals surface area contributed by atoms with E-state index in [1.165, 1.54) is 0 Å². The third-order valence-corrected chi connectivity index (χ3v) is 4.82. The van der Waals surface area contributed by atoms with Gasteiger partial charge in [-0.3, -0.25) is 4.79 Å². The fraction of sp³-hybridized carbons (Fsp3) is 0.167. The Balaban J connectivity index is 1.46. The Morgan fingerprint density at radius 2 is 2.04 bits per heavy atom. The highest BCUT2D eigenvalue weighted by molar-refractivity contribution is 7.00. The van der Waals surface area contributed by atoms with Crippen LogP contribution in [0.25, 0.3) is 21.9 Å². The fourth-order valence-corrected chi connectivity index (χ4v) is 3.36. The average Bonchev–Trinajstić information content (AvgIpc) is 3.25. The first-order valence-electron chi connectivity index (χ1n) is 7.85. The number of amides is 1. The molecule has 0 aliphatic carbocycles. The van der Waals surface area contributed by atoms with Crippen molar-refractivity contribution in [3.05, 3.63) is 59.8 Å². The van der Waals surface area contributed by atoms with E-state index in [2.05, 4.69) is 14.1 Å². The average molecular weight is 352 g/mol. The minimum atomic E-state index is -0.766. The monoisotopic (exact) mass is 352 g/mol. The maximum atomic E-state index is 12.3. The van der Waals surface area contributed by atoms with E-state index in [0.29, 0.717) is 11.1 Å². The molecule has 2 heterocycles. The van der Waals surface area contributed by atoms with Crippen molar-refractivity contribution < 1.29 is 9.90 Å². The first kappa shape index (κ1) is 15.7. The van der Waals surface area contributed by atoms with Gasteiger partial charge in [0, 0.05) is 30.9 Å². The molecular weight excluding hydrogens is 336 g/mol. The summed E-state index contributed by atoms with van der Waals surface area (Å²) < 4.78 is 10.3. The van der Waals surface area contributed by atoms with E-state index in [-0.39, 0.29) is 12.5 Å². The van der Waals surface area contributed by atoms with E-state index in [9.17, 15) is 9.90 Å². The molecule has 2 aromatic carbocycles. The van der Waals surface area contributed by atoms with Gasteiger partial charge in [-0.1, -0.05) is 6.07 Å². The third-order valence-electron chi connectivity index (χ3n) is 4.27. The van der Waals surface area contributed by atoms with Crippen molar-refractivity contribution in [1.29, 1.82) is 0 Å². The van der Waals surface area contributed by atoms with Crippen LogP contribution in [0.4, 0.5) is 0 Å². The molecule has 1 amide bonds. The topological polar surface area (TPSA) is 80.0 Å². The molecule has 0 saturated carbocycles. The lowest BCUT2D eigenvalue weighted by Gasteiger charge is -2.13. The zero-order valence-electron chi connectivity index (χ0n) is 13.5. The molecule has 0 bridgehead atoms. The zero-order chi connectivity index (χ0) is 17.4. The molecule has 0 saturated heterocycles. The molecule has 0 spiro atoms. The van der Waals surface area contributed by atoms with Crippen molar-refractivity contribution in [1.82, 2.24) is 18.6 Å². The smallest absolute Gasteiger partial charge is 0.251 e. The van der Waals surface area contributed by atoms with Crippen molar-refractivity contribution in [3.8, 4) is 0 Å². The Bertz CT molecular complexity index is 1070. The number of aryl methyl sites for hydroxylation is 1. The van der Waals surface area contributed by atoms with Gasteiger partial charge in [0.05, 0.1) is 17.8 Å². The highest BCUT2D eigenvalue weighted by Crippen LogP contribution is 2.21. The van der Waals surface area contributed by atoms with Gasteiger partial charge in [0.1, 0.15) is 11.0 Å². The van der Waals surface area contributed by atoms with Crippen LogP contribution in [0.2, 0.25) is 0 Å². The van der Waals surface area contributed by atoms with Crippen molar-refractivity contribution >= 4 is 39.6 Å². The van der Waals surface area contributed by atoms with Crippen LogP contribution in [0.15, 0.2) is 48.7 Å². The Morgan fingerprint density at radius 1 is 1.20 bits per heavy atom. The number of benzene rings is 2. The molecule has 25 heavy (non-hydrogen) atoms. The molecule has 6 nitrogen and oxygen atoms in total. The summed E-state index contributed by atoms with van der Waals surface area (Å²) in [7, 11) is 1.98. The van der Waals surface area contributed by atoms with E-state index in [1.54, 1.807) is 18.2 Å². The lowest BCUT2D eigenvalue weighted by atomic mass is 10.1. The van der Waals surface area contributed by atoms with E-state index >= 15 is 0 Å². The van der Waals surface area contributed by atoms with Crippen LogP contribution >= 0.6 is 11.7 Å². The van der Waals surface area contributed by atoms with Gasteiger partial charge in [0.15, 0.2) is 0 Å². The van der Waals surface area contributed by atoms with Gasteiger partial charge < -0.3 is 15.0 Å². The minimum absolute atomic E-state index is 0.143. The first-order chi connectivity index (χ1) is 12.1. The maximum Gasteiger partial charge on any atom is 0.251 e. The van der Waals surface area contributed by atoms with Gasteiger partial charge in [0.25, 0.3) is 5.91 Å². The predicted octanol–water partition coefficient (Wildman–Crippen LogP) is 2.65. The highest BCUT2D eigenvalue weighted by atomic mass is 32.1. The number of nitrogens with one attached hydrogen (secondary N) is 1. The van der Waals surface area contributed by atoms with Crippen molar-refractivity contribution in [2.45, 2.75) is 6.10 Å². The van der Waals surface area contributed by atoms with Crippen LogP contribution < -0.4 is 5.32 Å². The highest BCUT2D eigenvalue weighted by Gasteiger charge is 2.13. The van der Waals surface area contributed by atoms with E-state index in [4.69, 9.17) is 0 Å². The number of nitrogens with zero attached hydrogens (tertiary/aromatic N) is 3. The lowest BCUT2D eigenvalue weighted by molar-refractivity contribution is 0.0916. The van der Waals surface area contributed by atoms with E-state index < -0.39 is 6.10 Å². The van der Waals surface area contributed by atoms with Gasteiger partial charge in [-0.15, -0.1) is 0 Å². The molecule has 1 atom stereocenters. The molecule has 2 N–H and O–H groups in total. The Kier molecular flexibility index (Phi) is 3.95. The summed E-state index contributed by atoms with van der Waals surface area (Å²) in [5.41, 5.74) is 3.86. The van der Waals surface area contributed by atoms with Gasteiger partial charge in [0.2, 0.25) is 0 Å². The lowest BCUT2D eigenvalue weighted by Crippen LogP contribution is -2.28. The largest absolute Gasteiger partial charge is 0.387 e. The molecule has 0 fully saturated rings. The Labute approximate surface area is 148 Å². The van der Waals surface area contributed by atoms with Crippen LogP contribution in [-0.4, -0.2) is 30.9 Å². The first-order valence-corrected chi connectivity index (χ1v) is 8.58. The summed E-state index contributed by atoms with van der Waals surface area (Å²) >= 11 is 1.12. The summed E-state index contributed by atoms with van der Waals surface area (Å²) in [4.78, 5) is 12.3. The maximum absolute atomic E-state index is 12.3. The SMILES string of the molecule is Cn1ccc2cc([C@@H](O)CNC(=O)c3ccc4nsnc4c3)ccc21. The number of rotatable bonds is 4. The van der Waals surface area contributed by atoms with Gasteiger partial charge in [-0.05, 0) is 47.3 Å². The van der Waals surface area contributed by atoms with Crippen molar-refractivity contribution in [2.75, 3.05) is 6.54 Å². The zero-order valence-corrected chi connectivity index (χ0v) is 14.3. The second kappa shape index (κ2) is 6.27. The van der Waals surface area contributed by atoms with E-state index in [1.807, 2.05) is 42.1 Å². The van der Waals surface area contributed by atoms with Crippen LogP contribution in [0, 0.1) is 0 Å². The predicted molar refractivity (Wildman–Crippen MR) is 97.6 cm³/mol. The summed E-state index contributed by atoms with van der Waals surface area (Å²) in [5, 5.41) is 14.2. The molecule has 2 aromatic heterocycles. The number of fused-ring (bicyclic) bond motifs is 2. The molecule has 0 aliphatic rings. The minimum Gasteiger partial charge on any atom is -0.387 e. The van der Waals surface area contributed by atoms with Crippen LogP contribution in [0.5, 0.6) is 0 Å².